The molecule has 1 amide bonds. The van der Waals surface area contributed by atoms with Crippen LogP contribution in [0.25, 0.3) is 0 Å². The van der Waals surface area contributed by atoms with Crippen molar-refractivity contribution in [2.24, 2.45) is 11.8 Å². The average Bonchev–Trinajstić information content (AvgIpc) is 2.93. The summed E-state index contributed by atoms with van der Waals surface area (Å²) in [6.45, 7) is 8.87. The maximum absolute atomic E-state index is 12.6. The second-order valence-corrected chi connectivity index (χ2v) is 5.80. The first kappa shape index (κ1) is 14.8. The van der Waals surface area contributed by atoms with Crippen LogP contribution in [0, 0.1) is 11.8 Å². The topological polar surface area (TPSA) is 41.6 Å². The first-order valence-electron chi connectivity index (χ1n) is 7.87. The molecule has 2 heterocycles. The number of carbonyl (C=O) groups excluding carboxylic acids is 1. The number of hydrogen-bond donors (Lipinski definition) is 1. The molecule has 4 nitrogen and oxygen atoms in total. The van der Waals surface area contributed by atoms with E-state index in [1.165, 1.54) is 12.8 Å². The Balaban J connectivity index is 1.90. The van der Waals surface area contributed by atoms with Gasteiger partial charge in [-0.25, -0.2) is 0 Å². The van der Waals surface area contributed by atoms with Crippen molar-refractivity contribution in [3.05, 3.63) is 0 Å². The third-order valence-electron chi connectivity index (χ3n) is 4.50. The maximum Gasteiger partial charge on any atom is 0.228 e. The van der Waals surface area contributed by atoms with Crippen LogP contribution in [0.1, 0.15) is 39.5 Å². The quantitative estimate of drug-likeness (QED) is 0.824. The maximum atomic E-state index is 12.6. The van der Waals surface area contributed by atoms with E-state index in [0.717, 1.165) is 45.6 Å². The number of amides is 1. The Morgan fingerprint density at radius 1 is 1.37 bits per heavy atom. The second kappa shape index (κ2) is 7.25. The monoisotopic (exact) mass is 268 g/mol. The minimum atomic E-state index is 0.0986. The van der Waals surface area contributed by atoms with Crippen molar-refractivity contribution in [1.82, 2.24) is 10.2 Å². The fraction of sp³-hybridized carbons (Fsp3) is 0.933. The molecule has 3 atom stereocenters. The smallest absolute Gasteiger partial charge is 0.228 e. The minimum Gasteiger partial charge on any atom is -0.377 e. The lowest BCUT2D eigenvalue weighted by Gasteiger charge is -2.32. The van der Waals surface area contributed by atoms with Crippen molar-refractivity contribution in [2.45, 2.75) is 45.6 Å². The Hall–Kier alpha value is -0.610. The summed E-state index contributed by atoms with van der Waals surface area (Å²) in [7, 11) is 0. The van der Waals surface area contributed by atoms with Crippen LogP contribution >= 0.6 is 0 Å². The van der Waals surface area contributed by atoms with Crippen molar-refractivity contribution in [3.8, 4) is 0 Å². The van der Waals surface area contributed by atoms with Gasteiger partial charge < -0.3 is 15.0 Å². The lowest BCUT2D eigenvalue weighted by molar-refractivity contribution is -0.137. The van der Waals surface area contributed by atoms with Crippen molar-refractivity contribution < 1.29 is 9.53 Å². The van der Waals surface area contributed by atoms with E-state index in [2.05, 4.69) is 24.1 Å². The molecule has 0 aliphatic carbocycles. The van der Waals surface area contributed by atoms with E-state index in [0.29, 0.717) is 11.8 Å². The number of carbonyl (C=O) groups is 1. The third-order valence-corrected chi connectivity index (χ3v) is 4.50. The Bertz CT molecular complexity index is 290. The molecule has 0 saturated carbocycles. The molecule has 1 N–H and O–H groups in total. The summed E-state index contributed by atoms with van der Waals surface area (Å²) < 4.78 is 5.66. The van der Waals surface area contributed by atoms with E-state index in [1.807, 2.05) is 0 Å². The molecule has 19 heavy (non-hydrogen) atoms. The fourth-order valence-electron chi connectivity index (χ4n) is 3.33. The van der Waals surface area contributed by atoms with Gasteiger partial charge in [-0.1, -0.05) is 6.92 Å². The molecule has 4 heteroatoms. The predicted octanol–water partition coefficient (Wildman–Crippen LogP) is 1.65. The molecule has 2 fully saturated rings. The van der Waals surface area contributed by atoms with E-state index in [1.54, 1.807) is 0 Å². The fourth-order valence-corrected chi connectivity index (χ4v) is 3.33. The van der Waals surface area contributed by atoms with E-state index in [9.17, 15) is 4.79 Å². The highest BCUT2D eigenvalue weighted by atomic mass is 16.5. The molecule has 2 rings (SSSR count). The van der Waals surface area contributed by atoms with Gasteiger partial charge in [-0.3, -0.25) is 4.79 Å². The number of piperidine rings is 1. The molecular formula is C15H28N2O2. The molecule has 0 aromatic heterocycles. The van der Waals surface area contributed by atoms with E-state index in [-0.39, 0.29) is 12.0 Å². The van der Waals surface area contributed by atoms with Gasteiger partial charge in [0.15, 0.2) is 0 Å². The van der Waals surface area contributed by atoms with Gasteiger partial charge in [-0.05, 0) is 51.6 Å². The van der Waals surface area contributed by atoms with Crippen LogP contribution in [0.4, 0.5) is 0 Å². The molecule has 0 aromatic rings. The van der Waals surface area contributed by atoms with Gasteiger partial charge in [-0.15, -0.1) is 0 Å². The zero-order valence-electron chi connectivity index (χ0n) is 12.4. The van der Waals surface area contributed by atoms with Gasteiger partial charge in [0.05, 0.1) is 12.0 Å². The SMILES string of the molecule is CCC1OCCC1C(=O)N(CC)CC1CCCNC1. The molecule has 110 valence electrons. The Labute approximate surface area is 116 Å². The van der Waals surface area contributed by atoms with Gasteiger partial charge in [0.1, 0.15) is 0 Å². The van der Waals surface area contributed by atoms with Gasteiger partial charge in [-0.2, -0.15) is 0 Å². The molecule has 0 spiro atoms. The standard InChI is InChI=1S/C15H28N2O2/c1-3-14-13(7-9-19-14)15(18)17(4-2)11-12-6-5-8-16-10-12/h12-14,16H,3-11H2,1-2H3. The van der Waals surface area contributed by atoms with Crippen LogP contribution in [0.2, 0.25) is 0 Å². The average molecular weight is 268 g/mol. The van der Waals surface area contributed by atoms with Gasteiger partial charge in [0.25, 0.3) is 0 Å². The largest absolute Gasteiger partial charge is 0.377 e. The first-order chi connectivity index (χ1) is 9.26. The minimum absolute atomic E-state index is 0.0986. The van der Waals surface area contributed by atoms with Crippen LogP contribution in [-0.2, 0) is 9.53 Å². The van der Waals surface area contributed by atoms with Gasteiger partial charge in [0, 0.05) is 19.7 Å². The first-order valence-corrected chi connectivity index (χ1v) is 7.87. The van der Waals surface area contributed by atoms with Crippen molar-refractivity contribution >= 4 is 5.91 Å². The summed E-state index contributed by atoms with van der Waals surface area (Å²) in [6, 6.07) is 0. The number of ether oxygens (including phenoxy) is 1. The third kappa shape index (κ3) is 3.69. The van der Waals surface area contributed by atoms with Crippen molar-refractivity contribution in [1.29, 1.82) is 0 Å². The number of nitrogens with zero attached hydrogens (tertiary/aromatic N) is 1. The second-order valence-electron chi connectivity index (χ2n) is 5.80. The van der Waals surface area contributed by atoms with Crippen LogP contribution in [0.3, 0.4) is 0 Å². The molecule has 2 aliphatic rings. The predicted molar refractivity (Wildman–Crippen MR) is 76.0 cm³/mol. The number of hydrogen-bond acceptors (Lipinski definition) is 3. The van der Waals surface area contributed by atoms with Crippen LogP contribution in [0.5, 0.6) is 0 Å². The summed E-state index contributed by atoms with van der Waals surface area (Å²) in [5, 5.41) is 3.43. The lowest BCUT2D eigenvalue weighted by atomic mass is 9.95. The van der Waals surface area contributed by atoms with Crippen molar-refractivity contribution in [3.63, 3.8) is 0 Å². The summed E-state index contributed by atoms with van der Waals surface area (Å²) in [5.41, 5.74) is 0. The summed E-state index contributed by atoms with van der Waals surface area (Å²) in [6.07, 6.45) is 4.47. The molecule has 2 saturated heterocycles. The van der Waals surface area contributed by atoms with Crippen LogP contribution < -0.4 is 5.32 Å². The van der Waals surface area contributed by atoms with Crippen LogP contribution in [-0.4, -0.2) is 49.7 Å². The van der Waals surface area contributed by atoms with Crippen LogP contribution in [0.15, 0.2) is 0 Å². The summed E-state index contributed by atoms with van der Waals surface area (Å²) >= 11 is 0. The molecule has 0 radical (unpaired) electrons. The highest BCUT2D eigenvalue weighted by molar-refractivity contribution is 5.79. The zero-order valence-corrected chi connectivity index (χ0v) is 12.4. The molecule has 0 aromatic carbocycles. The highest BCUT2D eigenvalue weighted by Gasteiger charge is 2.35. The van der Waals surface area contributed by atoms with E-state index >= 15 is 0 Å². The Morgan fingerprint density at radius 2 is 2.21 bits per heavy atom. The van der Waals surface area contributed by atoms with Crippen molar-refractivity contribution in [2.75, 3.05) is 32.8 Å². The lowest BCUT2D eigenvalue weighted by Crippen LogP contribution is -2.44. The Kier molecular flexibility index (Phi) is 5.64. The van der Waals surface area contributed by atoms with E-state index in [4.69, 9.17) is 4.74 Å². The summed E-state index contributed by atoms with van der Waals surface area (Å²) in [5.74, 6) is 1.04. The normalized spacial score (nSPS) is 31.4. The highest BCUT2D eigenvalue weighted by Crippen LogP contribution is 2.26. The van der Waals surface area contributed by atoms with Gasteiger partial charge >= 0.3 is 0 Å². The number of nitrogens with one attached hydrogen (secondary N) is 1. The van der Waals surface area contributed by atoms with Gasteiger partial charge in [0.2, 0.25) is 5.91 Å². The molecule has 3 unspecified atom stereocenters. The number of rotatable bonds is 5. The zero-order chi connectivity index (χ0) is 13.7. The summed E-state index contributed by atoms with van der Waals surface area (Å²) in [4.78, 5) is 14.7. The molecule has 2 aliphatic heterocycles. The molecular weight excluding hydrogens is 240 g/mol. The van der Waals surface area contributed by atoms with E-state index < -0.39 is 0 Å². The Morgan fingerprint density at radius 3 is 2.84 bits per heavy atom. The molecule has 0 bridgehead atoms.